The minimum absolute atomic E-state index is 0.00100. The van der Waals surface area contributed by atoms with Gasteiger partial charge < -0.3 is 19.9 Å². The maximum Gasteiger partial charge on any atom is 0.0945 e. The van der Waals surface area contributed by atoms with Gasteiger partial charge in [-0.3, -0.25) is 0 Å². The van der Waals surface area contributed by atoms with Crippen molar-refractivity contribution in [2.75, 3.05) is 32.2 Å². The highest BCUT2D eigenvalue weighted by atomic mass is 16.5. The van der Waals surface area contributed by atoms with E-state index >= 15 is 0 Å². The van der Waals surface area contributed by atoms with Gasteiger partial charge in [0.15, 0.2) is 0 Å². The maximum absolute atomic E-state index is 9.88. The van der Waals surface area contributed by atoms with Crippen LogP contribution in [-0.2, 0) is 9.47 Å². The van der Waals surface area contributed by atoms with Gasteiger partial charge in [0.25, 0.3) is 0 Å². The molecule has 2 atom stereocenters. The predicted molar refractivity (Wildman–Crippen MR) is 82.3 cm³/mol. The Morgan fingerprint density at radius 2 is 1.95 bits per heavy atom. The van der Waals surface area contributed by atoms with Crippen LogP contribution in [0.1, 0.15) is 32.3 Å². The molecule has 4 nitrogen and oxygen atoms in total. The predicted octanol–water partition coefficient (Wildman–Crippen LogP) is 2.63. The molecule has 20 heavy (non-hydrogen) atoms. The number of hydrogen-bond donors (Lipinski definition) is 2. The summed E-state index contributed by atoms with van der Waals surface area (Å²) in [5.74, 6) is 0.500. The van der Waals surface area contributed by atoms with Crippen LogP contribution in [0, 0.1) is 0 Å². The van der Waals surface area contributed by atoms with Crippen LogP contribution in [0.25, 0.3) is 0 Å². The van der Waals surface area contributed by atoms with Gasteiger partial charge in [0, 0.05) is 19.3 Å². The van der Waals surface area contributed by atoms with E-state index in [2.05, 4.69) is 31.3 Å². The monoisotopic (exact) mass is 281 g/mol. The summed E-state index contributed by atoms with van der Waals surface area (Å²) in [6, 6.07) is 8.27. The van der Waals surface area contributed by atoms with Gasteiger partial charge in [-0.15, -0.1) is 0 Å². The molecule has 1 aromatic rings. The van der Waals surface area contributed by atoms with Crippen molar-refractivity contribution in [1.82, 2.24) is 0 Å². The number of aliphatic hydroxyl groups is 1. The first-order valence-electron chi connectivity index (χ1n) is 7.15. The molecule has 0 aliphatic carbocycles. The Balaban J connectivity index is 2.33. The lowest BCUT2D eigenvalue weighted by molar-refractivity contribution is -0.0282. The number of methoxy groups -OCH3 is 1. The second-order valence-corrected chi connectivity index (χ2v) is 5.41. The summed E-state index contributed by atoms with van der Waals surface area (Å²) in [6.45, 7) is 7.58. The molecule has 1 rings (SSSR count). The lowest BCUT2D eigenvalue weighted by Gasteiger charge is -2.17. The van der Waals surface area contributed by atoms with E-state index in [1.54, 1.807) is 7.11 Å². The van der Waals surface area contributed by atoms with E-state index < -0.39 is 6.10 Å². The fourth-order valence-corrected chi connectivity index (χ4v) is 1.86. The van der Waals surface area contributed by atoms with Crippen molar-refractivity contribution in [3.63, 3.8) is 0 Å². The average molecular weight is 281 g/mol. The topological polar surface area (TPSA) is 50.7 Å². The van der Waals surface area contributed by atoms with Gasteiger partial charge >= 0.3 is 0 Å². The van der Waals surface area contributed by atoms with Crippen LogP contribution < -0.4 is 5.32 Å². The molecule has 2 unspecified atom stereocenters. The Morgan fingerprint density at radius 3 is 2.60 bits per heavy atom. The number of anilines is 1. The molecule has 0 aliphatic heterocycles. The van der Waals surface area contributed by atoms with Crippen LogP contribution >= 0.6 is 0 Å². The number of ether oxygens (including phenoxy) is 2. The molecule has 4 heteroatoms. The SMILES string of the molecule is COCC(C)OCC(O)CNc1cccc(C(C)C)c1. The normalized spacial score (nSPS) is 14.3. The van der Waals surface area contributed by atoms with Gasteiger partial charge in [-0.05, 0) is 30.5 Å². The Hall–Kier alpha value is -1.10. The molecule has 1 aromatic carbocycles. The maximum atomic E-state index is 9.88. The Kier molecular flexibility index (Phi) is 7.59. The number of aliphatic hydroxyl groups excluding tert-OH is 1. The minimum atomic E-state index is -0.531. The number of benzene rings is 1. The van der Waals surface area contributed by atoms with E-state index in [-0.39, 0.29) is 6.10 Å². The van der Waals surface area contributed by atoms with Crippen LogP contribution in [0.3, 0.4) is 0 Å². The van der Waals surface area contributed by atoms with Crippen molar-refractivity contribution >= 4 is 5.69 Å². The van der Waals surface area contributed by atoms with Gasteiger partial charge in [0.05, 0.1) is 25.4 Å². The zero-order valence-electron chi connectivity index (χ0n) is 12.9. The molecule has 0 amide bonds. The molecule has 0 radical (unpaired) electrons. The van der Waals surface area contributed by atoms with E-state index in [0.29, 0.717) is 25.7 Å². The highest BCUT2D eigenvalue weighted by molar-refractivity contribution is 5.46. The first kappa shape index (κ1) is 17.0. The minimum Gasteiger partial charge on any atom is -0.389 e. The second-order valence-electron chi connectivity index (χ2n) is 5.41. The summed E-state index contributed by atoms with van der Waals surface area (Å²) < 4.78 is 10.5. The van der Waals surface area contributed by atoms with Gasteiger partial charge in [-0.1, -0.05) is 26.0 Å². The Labute approximate surface area is 122 Å². The molecular weight excluding hydrogens is 254 g/mol. The van der Waals surface area contributed by atoms with Crippen molar-refractivity contribution < 1.29 is 14.6 Å². The summed E-state index contributed by atoms with van der Waals surface area (Å²) in [7, 11) is 1.64. The molecule has 0 bridgehead atoms. The van der Waals surface area contributed by atoms with E-state index in [1.807, 2.05) is 19.1 Å². The van der Waals surface area contributed by atoms with Crippen molar-refractivity contribution in [2.24, 2.45) is 0 Å². The van der Waals surface area contributed by atoms with Crippen molar-refractivity contribution in [3.8, 4) is 0 Å². The largest absolute Gasteiger partial charge is 0.389 e. The lowest BCUT2D eigenvalue weighted by atomic mass is 10.0. The van der Waals surface area contributed by atoms with Crippen molar-refractivity contribution in [3.05, 3.63) is 29.8 Å². The van der Waals surface area contributed by atoms with Gasteiger partial charge in [0.2, 0.25) is 0 Å². The molecule has 0 fully saturated rings. The third kappa shape index (κ3) is 6.37. The molecule has 0 aliphatic rings. The number of hydrogen-bond acceptors (Lipinski definition) is 4. The van der Waals surface area contributed by atoms with E-state index in [4.69, 9.17) is 9.47 Å². The first-order valence-corrected chi connectivity index (χ1v) is 7.15. The summed E-state index contributed by atoms with van der Waals surface area (Å²) >= 11 is 0. The zero-order valence-corrected chi connectivity index (χ0v) is 12.9. The van der Waals surface area contributed by atoms with Crippen LogP contribution in [0.5, 0.6) is 0 Å². The molecule has 0 saturated carbocycles. The number of rotatable bonds is 9. The van der Waals surface area contributed by atoms with Crippen molar-refractivity contribution in [2.45, 2.75) is 38.9 Å². The van der Waals surface area contributed by atoms with E-state index in [1.165, 1.54) is 5.56 Å². The lowest BCUT2D eigenvalue weighted by Crippen LogP contribution is -2.28. The standard InChI is InChI=1S/C16H27NO3/c1-12(2)14-6-5-7-15(8-14)17-9-16(18)11-20-13(3)10-19-4/h5-8,12-13,16-18H,9-11H2,1-4H3. The van der Waals surface area contributed by atoms with E-state index in [0.717, 1.165) is 5.69 Å². The van der Waals surface area contributed by atoms with E-state index in [9.17, 15) is 5.11 Å². The molecule has 114 valence electrons. The summed E-state index contributed by atoms with van der Waals surface area (Å²) in [5.41, 5.74) is 2.31. The van der Waals surface area contributed by atoms with Crippen LogP contribution in [0.4, 0.5) is 5.69 Å². The Morgan fingerprint density at radius 1 is 1.20 bits per heavy atom. The van der Waals surface area contributed by atoms with Crippen molar-refractivity contribution in [1.29, 1.82) is 0 Å². The van der Waals surface area contributed by atoms with Gasteiger partial charge in [-0.25, -0.2) is 0 Å². The fraction of sp³-hybridized carbons (Fsp3) is 0.625. The molecular formula is C16H27NO3. The fourth-order valence-electron chi connectivity index (χ4n) is 1.86. The molecule has 0 spiro atoms. The smallest absolute Gasteiger partial charge is 0.0945 e. The third-order valence-corrected chi connectivity index (χ3v) is 3.07. The molecule has 0 heterocycles. The number of nitrogens with one attached hydrogen (secondary N) is 1. The highest BCUT2D eigenvalue weighted by Gasteiger charge is 2.08. The van der Waals surface area contributed by atoms with Gasteiger partial charge in [-0.2, -0.15) is 0 Å². The van der Waals surface area contributed by atoms with Crippen LogP contribution in [0.15, 0.2) is 24.3 Å². The molecule has 2 N–H and O–H groups in total. The summed E-state index contributed by atoms with van der Waals surface area (Å²) in [5, 5.41) is 13.1. The quantitative estimate of drug-likeness (QED) is 0.730. The van der Waals surface area contributed by atoms with Crippen LogP contribution in [0.2, 0.25) is 0 Å². The molecule has 0 aromatic heterocycles. The average Bonchev–Trinajstić information content (AvgIpc) is 2.43. The second kappa shape index (κ2) is 8.95. The highest BCUT2D eigenvalue weighted by Crippen LogP contribution is 2.18. The van der Waals surface area contributed by atoms with Crippen LogP contribution in [-0.4, -0.2) is 44.2 Å². The third-order valence-electron chi connectivity index (χ3n) is 3.07. The first-order chi connectivity index (χ1) is 9.52. The summed E-state index contributed by atoms with van der Waals surface area (Å²) in [6.07, 6.45) is -0.532. The van der Waals surface area contributed by atoms with Gasteiger partial charge in [0.1, 0.15) is 0 Å². The zero-order chi connectivity index (χ0) is 15.0. The summed E-state index contributed by atoms with van der Waals surface area (Å²) in [4.78, 5) is 0. The Bertz CT molecular complexity index is 382. The molecule has 0 saturated heterocycles.